The molecule has 0 aromatic heterocycles. The van der Waals surface area contributed by atoms with Gasteiger partial charge in [-0.05, 0) is 53.6 Å². The quantitative estimate of drug-likeness (QED) is 0.627. The van der Waals surface area contributed by atoms with Gasteiger partial charge in [-0.15, -0.1) is 11.6 Å². The van der Waals surface area contributed by atoms with Crippen molar-refractivity contribution in [1.29, 1.82) is 0 Å². The van der Waals surface area contributed by atoms with E-state index < -0.39 is 0 Å². The molecule has 1 aliphatic rings. The zero-order valence-corrected chi connectivity index (χ0v) is 13.1. The molecule has 1 saturated carbocycles. The molecule has 98 valence electrons. The molecule has 0 aliphatic heterocycles. The van der Waals surface area contributed by atoms with Gasteiger partial charge in [-0.2, -0.15) is 0 Å². The molecule has 0 atom stereocenters. The van der Waals surface area contributed by atoms with E-state index in [2.05, 4.69) is 27.9 Å². The third-order valence-electron chi connectivity index (χ3n) is 3.66. The van der Waals surface area contributed by atoms with E-state index >= 15 is 0 Å². The highest BCUT2D eigenvalue weighted by atomic mass is 127. The first-order valence-electron chi connectivity index (χ1n) is 6.25. The van der Waals surface area contributed by atoms with Crippen LogP contribution < -0.4 is 5.32 Å². The van der Waals surface area contributed by atoms with Crippen LogP contribution in [0.25, 0.3) is 0 Å². The van der Waals surface area contributed by atoms with Gasteiger partial charge in [0, 0.05) is 27.0 Å². The van der Waals surface area contributed by atoms with Gasteiger partial charge in [0.15, 0.2) is 0 Å². The van der Waals surface area contributed by atoms with E-state index in [0.717, 1.165) is 22.0 Å². The average molecular weight is 378 g/mol. The van der Waals surface area contributed by atoms with E-state index in [1.807, 2.05) is 24.3 Å². The largest absolute Gasteiger partial charge is 0.351 e. The van der Waals surface area contributed by atoms with E-state index in [1.54, 1.807) is 0 Å². The van der Waals surface area contributed by atoms with Crippen LogP contribution in [0.2, 0.25) is 0 Å². The van der Waals surface area contributed by atoms with Gasteiger partial charge in [-0.3, -0.25) is 4.79 Å². The van der Waals surface area contributed by atoms with Gasteiger partial charge in [0.2, 0.25) is 0 Å². The van der Waals surface area contributed by atoms with Gasteiger partial charge in [0.1, 0.15) is 0 Å². The zero-order valence-electron chi connectivity index (χ0n) is 10.2. The molecule has 1 aliphatic carbocycles. The van der Waals surface area contributed by atoms with Crippen molar-refractivity contribution in [3.63, 3.8) is 0 Å². The maximum Gasteiger partial charge on any atom is 0.251 e. The molecule has 1 N–H and O–H groups in total. The summed E-state index contributed by atoms with van der Waals surface area (Å²) in [7, 11) is 0. The van der Waals surface area contributed by atoms with Crippen LogP contribution in [0.3, 0.4) is 0 Å². The lowest BCUT2D eigenvalue weighted by Crippen LogP contribution is -2.37. The number of rotatable bonds is 4. The van der Waals surface area contributed by atoms with E-state index in [9.17, 15) is 4.79 Å². The third kappa shape index (κ3) is 3.38. The summed E-state index contributed by atoms with van der Waals surface area (Å²) >= 11 is 8.28. The van der Waals surface area contributed by atoms with Crippen molar-refractivity contribution in [2.75, 3.05) is 12.4 Å². The van der Waals surface area contributed by atoms with Gasteiger partial charge in [-0.25, -0.2) is 0 Å². The summed E-state index contributed by atoms with van der Waals surface area (Å²) in [5.74, 6) is 0.643. The molecule has 0 heterocycles. The Balaban J connectivity index is 1.96. The molecule has 2 nitrogen and oxygen atoms in total. The lowest BCUT2D eigenvalue weighted by molar-refractivity contribution is 0.0935. The first kappa shape index (κ1) is 14.1. The number of carbonyl (C=O) groups is 1. The summed E-state index contributed by atoms with van der Waals surface area (Å²) in [5.41, 5.74) is 0.851. The summed E-state index contributed by atoms with van der Waals surface area (Å²) in [6, 6.07) is 7.63. The topological polar surface area (TPSA) is 29.1 Å². The van der Waals surface area contributed by atoms with Crippen LogP contribution in [-0.2, 0) is 0 Å². The minimum absolute atomic E-state index is 0.00454. The Morgan fingerprint density at radius 2 is 2.11 bits per heavy atom. The lowest BCUT2D eigenvalue weighted by atomic mass is 9.88. The normalized spacial score (nSPS) is 17.7. The molecular weight excluding hydrogens is 361 g/mol. The Kier molecular flexibility index (Phi) is 4.90. The summed E-state index contributed by atoms with van der Waals surface area (Å²) in [6.07, 6.45) is 4.71. The smallest absolute Gasteiger partial charge is 0.251 e. The number of alkyl halides is 1. The number of halogens is 2. The number of hydrogen-bond acceptors (Lipinski definition) is 1. The molecule has 0 bridgehead atoms. The first-order chi connectivity index (χ1) is 8.65. The van der Waals surface area contributed by atoms with Crippen molar-refractivity contribution < 1.29 is 4.79 Å². The first-order valence-corrected chi connectivity index (χ1v) is 7.86. The second-order valence-corrected chi connectivity index (χ2v) is 6.55. The van der Waals surface area contributed by atoms with Gasteiger partial charge in [0.05, 0.1) is 0 Å². The second-order valence-electron chi connectivity index (χ2n) is 5.03. The maximum atomic E-state index is 12.1. The van der Waals surface area contributed by atoms with Crippen LogP contribution >= 0.6 is 34.2 Å². The minimum atomic E-state index is 0.00454. The minimum Gasteiger partial charge on any atom is -0.351 e. The lowest BCUT2D eigenvalue weighted by Gasteiger charge is -2.26. The number of nitrogens with one attached hydrogen (secondary N) is 1. The van der Waals surface area contributed by atoms with Crippen LogP contribution in [0.1, 0.15) is 36.0 Å². The van der Waals surface area contributed by atoms with Crippen molar-refractivity contribution in [3.8, 4) is 0 Å². The monoisotopic (exact) mass is 377 g/mol. The molecule has 4 heteroatoms. The fourth-order valence-corrected chi connectivity index (χ4v) is 3.39. The Bertz CT molecular complexity index is 430. The predicted molar refractivity (Wildman–Crippen MR) is 83.1 cm³/mol. The molecule has 0 unspecified atom stereocenters. The fourth-order valence-electron chi connectivity index (χ4n) is 2.48. The third-order valence-corrected chi connectivity index (χ3v) is 4.90. The van der Waals surface area contributed by atoms with Crippen molar-refractivity contribution in [2.24, 2.45) is 5.41 Å². The van der Waals surface area contributed by atoms with Crippen molar-refractivity contribution in [2.45, 2.75) is 25.7 Å². The Morgan fingerprint density at radius 3 is 2.72 bits per heavy atom. The molecular formula is C14H17ClINO. The predicted octanol–water partition coefficient (Wildman–Crippen LogP) is 3.82. The number of hydrogen-bond donors (Lipinski definition) is 1. The molecule has 1 amide bonds. The zero-order chi connectivity index (χ0) is 13.0. The number of benzene rings is 1. The highest BCUT2D eigenvalue weighted by Crippen LogP contribution is 2.38. The number of carbonyl (C=O) groups excluding carboxylic acids is 1. The molecule has 1 aromatic carbocycles. The van der Waals surface area contributed by atoms with Crippen LogP contribution in [0.4, 0.5) is 0 Å². The van der Waals surface area contributed by atoms with Gasteiger partial charge >= 0.3 is 0 Å². The standard InChI is InChI=1S/C14H17ClINO/c15-9-14(6-1-2-7-14)10-17-13(18)11-4-3-5-12(16)8-11/h3-5,8H,1-2,6-7,9-10H2,(H,17,18). The Labute approximate surface area is 127 Å². The van der Waals surface area contributed by atoms with Gasteiger partial charge in [-0.1, -0.05) is 18.9 Å². The van der Waals surface area contributed by atoms with Crippen molar-refractivity contribution in [1.82, 2.24) is 5.32 Å². The molecule has 1 fully saturated rings. The highest BCUT2D eigenvalue weighted by molar-refractivity contribution is 14.1. The van der Waals surface area contributed by atoms with Gasteiger partial charge < -0.3 is 5.32 Å². The van der Waals surface area contributed by atoms with Crippen LogP contribution in [0.5, 0.6) is 0 Å². The van der Waals surface area contributed by atoms with Crippen LogP contribution in [0.15, 0.2) is 24.3 Å². The van der Waals surface area contributed by atoms with Crippen LogP contribution in [0, 0.1) is 8.99 Å². The summed E-state index contributed by atoms with van der Waals surface area (Å²) < 4.78 is 1.08. The molecule has 1 aromatic rings. The Hall–Kier alpha value is -0.290. The SMILES string of the molecule is O=C(NCC1(CCl)CCCC1)c1cccc(I)c1. The number of amides is 1. The highest BCUT2D eigenvalue weighted by Gasteiger charge is 2.33. The van der Waals surface area contributed by atoms with Crippen molar-refractivity contribution in [3.05, 3.63) is 33.4 Å². The van der Waals surface area contributed by atoms with E-state index in [4.69, 9.17) is 11.6 Å². The maximum absolute atomic E-state index is 12.1. The molecule has 0 spiro atoms. The summed E-state index contributed by atoms with van der Waals surface area (Å²) in [5, 5.41) is 3.03. The van der Waals surface area contributed by atoms with E-state index in [0.29, 0.717) is 12.4 Å². The molecule has 0 saturated heterocycles. The van der Waals surface area contributed by atoms with Crippen LogP contribution in [-0.4, -0.2) is 18.3 Å². The van der Waals surface area contributed by atoms with E-state index in [1.165, 1.54) is 12.8 Å². The fraction of sp³-hybridized carbons (Fsp3) is 0.500. The Morgan fingerprint density at radius 1 is 1.39 bits per heavy atom. The second kappa shape index (κ2) is 6.24. The summed E-state index contributed by atoms with van der Waals surface area (Å²) in [6.45, 7) is 0.695. The average Bonchev–Trinajstić information content (AvgIpc) is 2.85. The van der Waals surface area contributed by atoms with Gasteiger partial charge in [0.25, 0.3) is 5.91 Å². The molecule has 18 heavy (non-hydrogen) atoms. The summed E-state index contributed by atoms with van der Waals surface area (Å²) in [4.78, 5) is 12.1. The van der Waals surface area contributed by atoms with Crippen molar-refractivity contribution >= 4 is 40.1 Å². The molecule has 2 rings (SSSR count). The van der Waals surface area contributed by atoms with E-state index in [-0.39, 0.29) is 11.3 Å². The molecule has 0 radical (unpaired) electrons.